The maximum Gasteiger partial charge on any atom is 0.154 e. The average molecular weight is 215 g/mol. The molecule has 0 radical (unpaired) electrons. The average Bonchev–Trinajstić information content (AvgIpc) is 2.00. The number of hydrogen-bond donors (Lipinski definition) is 0. The second-order valence-electron chi connectivity index (χ2n) is 3.90. The lowest BCUT2D eigenvalue weighted by molar-refractivity contribution is 0.147. The fourth-order valence-electron chi connectivity index (χ4n) is 1.52. The van der Waals surface area contributed by atoms with Gasteiger partial charge in [-0.3, -0.25) is 5.01 Å². The van der Waals surface area contributed by atoms with Gasteiger partial charge < -0.3 is 0 Å². The molecule has 0 amide bonds. The maximum absolute atomic E-state index is 11.3. The molecule has 0 atom stereocenters. The van der Waals surface area contributed by atoms with Crippen molar-refractivity contribution in [3.63, 3.8) is 0 Å². The zero-order chi connectivity index (χ0) is 10.8. The van der Waals surface area contributed by atoms with Crippen molar-refractivity contribution in [2.24, 2.45) is 5.10 Å². The Morgan fingerprint density at radius 1 is 1.57 bits per heavy atom. The van der Waals surface area contributed by atoms with E-state index >= 15 is 0 Å². The molecule has 5 nitrogen and oxygen atoms in total. The van der Waals surface area contributed by atoms with Gasteiger partial charge in [0.25, 0.3) is 0 Å². The Morgan fingerprint density at radius 2 is 2.21 bits per heavy atom. The molecule has 0 aliphatic carbocycles. The number of nitriles is 1. The topological polar surface area (TPSA) is 73.5 Å². The molecule has 1 aliphatic heterocycles. The van der Waals surface area contributed by atoms with Gasteiger partial charge in [-0.05, 0) is 13.8 Å². The van der Waals surface area contributed by atoms with Crippen molar-refractivity contribution < 1.29 is 8.42 Å². The summed E-state index contributed by atoms with van der Waals surface area (Å²) in [5.41, 5.74) is -0.523. The fourth-order valence-corrected chi connectivity index (χ4v) is 3.34. The molecule has 78 valence electrons. The Labute approximate surface area is 83.9 Å². The van der Waals surface area contributed by atoms with Crippen LogP contribution in [-0.4, -0.2) is 43.2 Å². The molecule has 1 aliphatic rings. The summed E-state index contributed by atoms with van der Waals surface area (Å²) < 4.78 is 22.7. The Balaban J connectivity index is 2.84. The van der Waals surface area contributed by atoms with Crippen LogP contribution in [0.3, 0.4) is 0 Å². The van der Waals surface area contributed by atoms with E-state index in [4.69, 9.17) is 5.26 Å². The molecule has 14 heavy (non-hydrogen) atoms. The van der Waals surface area contributed by atoms with E-state index < -0.39 is 15.4 Å². The van der Waals surface area contributed by atoms with Crippen molar-refractivity contribution in [1.82, 2.24) is 5.01 Å². The van der Waals surface area contributed by atoms with Gasteiger partial charge in [-0.1, -0.05) is 0 Å². The number of rotatable bonds is 1. The number of hydrazone groups is 1. The molecule has 1 rings (SSSR count). The van der Waals surface area contributed by atoms with Crippen LogP contribution >= 0.6 is 0 Å². The third-order valence-corrected chi connectivity index (χ3v) is 4.09. The molecular weight excluding hydrogens is 202 g/mol. The van der Waals surface area contributed by atoms with Gasteiger partial charge in [0.15, 0.2) is 9.84 Å². The monoisotopic (exact) mass is 215 g/mol. The van der Waals surface area contributed by atoms with Crippen LogP contribution in [0, 0.1) is 11.3 Å². The van der Waals surface area contributed by atoms with Gasteiger partial charge in [0.1, 0.15) is 12.3 Å². The largest absolute Gasteiger partial charge is 0.289 e. The fraction of sp³-hybridized carbons (Fsp3) is 0.750. The molecule has 0 bridgehead atoms. The Kier molecular flexibility index (Phi) is 2.81. The minimum atomic E-state index is -2.95. The molecule has 0 saturated carbocycles. The van der Waals surface area contributed by atoms with Gasteiger partial charge in [0.2, 0.25) is 0 Å². The highest BCUT2D eigenvalue weighted by atomic mass is 32.2. The molecule has 0 aromatic carbocycles. The van der Waals surface area contributed by atoms with E-state index in [-0.39, 0.29) is 11.5 Å². The van der Waals surface area contributed by atoms with E-state index in [1.54, 1.807) is 24.9 Å². The van der Waals surface area contributed by atoms with E-state index in [2.05, 4.69) is 5.10 Å². The predicted octanol–water partition coefficient (Wildman–Crippen LogP) is 0.00478. The van der Waals surface area contributed by atoms with E-state index in [1.165, 1.54) is 0 Å². The van der Waals surface area contributed by atoms with Crippen molar-refractivity contribution in [3.05, 3.63) is 0 Å². The lowest BCUT2D eigenvalue weighted by Gasteiger charge is -2.39. The van der Waals surface area contributed by atoms with Crippen LogP contribution in [0.2, 0.25) is 0 Å². The third kappa shape index (κ3) is 2.45. The minimum absolute atomic E-state index is 0.0861. The summed E-state index contributed by atoms with van der Waals surface area (Å²) in [5, 5.41) is 13.9. The second kappa shape index (κ2) is 3.58. The van der Waals surface area contributed by atoms with E-state index in [9.17, 15) is 8.42 Å². The Bertz CT molecular complexity index is 378. The zero-order valence-electron chi connectivity index (χ0n) is 8.27. The molecule has 0 aromatic rings. The normalized spacial score (nSPS) is 24.8. The van der Waals surface area contributed by atoms with Crippen molar-refractivity contribution in [3.8, 4) is 6.07 Å². The first-order chi connectivity index (χ1) is 6.37. The van der Waals surface area contributed by atoms with Gasteiger partial charge >= 0.3 is 0 Å². The van der Waals surface area contributed by atoms with Crippen LogP contribution in [0.5, 0.6) is 0 Å². The zero-order valence-corrected chi connectivity index (χ0v) is 9.08. The van der Waals surface area contributed by atoms with Crippen molar-refractivity contribution in [2.45, 2.75) is 19.4 Å². The van der Waals surface area contributed by atoms with Crippen LogP contribution in [0.1, 0.15) is 13.8 Å². The van der Waals surface area contributed by atoms with Gasteiger partial charge in [-0.15, -0.1) is 0 Å². The summed E-state index contributed by atoms with van der Waals surface area (Å²) in [7, 11) is -2.95. The van der Waals surface area contributed by atoms with Crippen LogP contribution in [0.15, 0.2) is 5.10 Å². The lowest BCUT2D eigenvalue weighted by atomic mass is 10.1. The quantitative estimate of drug-likeness (QED) is 0.577. The van der Waals surface area contributed by atoms with Gasteiger partial charge in [0.05, 0.1) is 23.6 Å². The first-order valence-electron chi connectivity index (χ1n) is 4.27. The second-order valence-corrected chi connectivity index (χ2v) is 6.09. The molecule has 0 N–H and O–H groups in total. The molecule has 0 aromatic heterocycles. The highest BCUT2D eigenvalue weighted by Gasteiger charge is 2.36. The highest BCUT2D eigenvalue weighted by Crippen LogP contribution is 2.22. The number of nitrogens with zero attached hydrogens (tertiary/aromatic N) is 3. The Morgan fingerprint density at radius 3 is 2.71 bits per heavy atom. The van der Waals surface area contributed by atoms with Crippen LogP contribution in [0.25, 0.3) is 0 Å². The Hall–Kier alpha value is -1.09. The van der Waals surface area contributed by atoms with Crippen molar-refractivity contribution >= 4 is 16.1 Å². The third-order valence-electron chi connectivity index (χ3n) is 2.14. The molecule has 1 saturated heterocycles. The highest BCUT2D eigenvalue weighted by molar-refractivity contribution is 7.91. The van der Waals surface area contributed by atoms with Gasteiger partial charge in [-0.25, -0.2) is 8.42 Å². The van der Waals surface area contributed by atoms with Crippen molar-refractivity contribution in [1.29, 1.82) is 5.26 Å². The van der Waals surface area contributed by atoms with E-state index in [1.807, 2.05) is 0 Å². The number of hydrogen-bond acceptors (Lipinski definition) is 5. The summed E-state index contributed by atoms with van der Waals surface area (Å²) in [6.45, 7) is 3.96. The van der Waals surface area contributed by atoms with Gasteiger partial charge in [0, 0.05) is 0 Å². The van der Waals surface area contributed by atoms with E-state index in [0.717, 1.165) is 6.21 Å². The predicted molar refractivity (Wildman–Crippen MR) is 53.5 cm³/mol. The number of sulfone groups is 1. The first kappa shape index (κ1) is 11.0. The van der Waals surface area contributed by atoms with E-state index in [0.29, 0.717) is 6.54 Å². The lowest BCUT2D eigenvalue weighted by Crippen LogP contribution is -2.52. The maximum atomic E-state index is 11.3. The molecule has 6 heteroatoms. The van der Waals surface area contributed by atoms with Crippen LogP contribution < -0.4 is 0 Å². The van der Waals surface area contributed by atoms with Crippen molar-refractivity contribution in [2.75, 3.05) is 18.1 Å². The molecule has 0 unspecified atom stereocenters. The van der Waals surface area contributed by atoms with Crippen LogP contribution in [-0.2, 0) is 9.84 Å². The SMILES string of the molecule is CC1(C)CS(=O)(=O)CCN1N=CC#N. The summed E-state index contributed by atoms with van der Waals surface area (Å²) in [6.07, 6.45) is 1.12. The molecular formula is C8H13N3O2S. The summed E-state index contributed by atoms with van der Waals surface area (Å²) in [5.74, 6) is 0.196. The smallest absolute Gasteiger partial charge is 0.154 e. The van der Waals surface area contributed by atoms with Gasteiger partial charge in [-0.2, -0.15) is 10.4 Å². The molecule has 1 heterocycles. The first-order valence-corrected chi connectivity index (χ1v) is 6.10. The van der Waals surface area contributed by atoms with Crippen LogP contribution in [0.4, 0.5) is 0 Å². The molecule has 0 spiro atoms. The summed E-state index contributed by atoms with van der Waals surface area (Å²) in [4.78, 5) is 0. The standard InChI is InChI=1S/C8H13N3O2S/c1-8(2)7-14(12,13)6-5-11(8)10-4-3-9/h4H,5-7H2,1-2H3. The molecule has 1 fully saturated rings. The minimum Gasteiger partial charge on any atom is -0.289 e. The summed E-state index contributed by atoms with van der Waals surface area (Å²) in [6, 6.07) is 1.79. The summed E-state index contributed by atoms with van der Waals surface area (Å²) >= 11 is 0.